The van der Waals surface area contributed by atoms with E-state index in [9.17, 15) is 14.4 Å². The molecule has 3 unspecified atom stereocenters. The lowest BCUT2D eigenvalue weighted by atomic mass is 9.82. The fraction of sp³-hybridized carbons (Fsp3) is 0.556. The molecule has 8 heteroatoms. The average molecular weight is 359 g/mol. The van der Waals surface area contributed by atoms with Crippen LogP contribution in [0.2, 0.25) is 0 Å². The zero-order valence-electron chi connectivity index (χ0n) is 14.7. The number of aromatic nitrogens is 1. The lowest BCUT2D eigenvalue weighted by Crippen LogP contribution is -2.66. The Morgan fingerprint density at radius 3 is 2.65 bits per heavy atom. The number of nitrogens with zero attached hydrogens (tertiary/aromatic N) is 1. The van der Waals surface area contributed by atoms with E-state index in [1.807, 2.05) is 0 Å². The lowest BCUT2D eigenvalue weighted by molar-refractivity contribution is -0.137. The summed E-state index contributed by atoms with van der Waals surface area (Å²) in [5, 5.41) is 11.6. The van der Waals surface area contributed by atoms with E-state index in [2.05, 4.69) is 26.3 Å². The summed E-state index contributed by atoms with van der Waals surface area (Å²) >= 11 is 0. The van der Waals surface area contributed by atoms with Gasteiger partial charge >= 0.3 is 0 Å². The van der Waals surface area contributed by atoms with Gasteiger partial charge in [-0.25, -0.2) is 0 Å². The molecule has 1 aliphatic carbocycles. The van der Waals surface area contributed by atoms with Crippen LogP contribution in [0.3, 0.4) is 0 Å². The first-order chi connectivity index (χ1) is 12.6. The highest BCUT2D eigenvalue weighted by atomic mass is 16.2. The molecule has 1 saturated heterocycles. The van der Waals surface area contributed by atoms with Gasteiger partial charge in [0.1, 0.15) is 0 Å². The van der Waals surface area contributed by atoms with Gasteiger partial charge in [-0.05, 0) is 31.4 Å². The molecule has 3 rings (SSSR count). The van der Waals surface area contributed by atoms with Crippen molar-refractivity contribution in [3.8, 4) is 0 Å². The van der Waals surface area contributed by atoms with Crippen LogP contribution in [0.25, 0.3) is 0 Å². The number of carbonyl (C=O) groups is 3. The van der Waals surface area contributed by atoms with Crippen LogP contribution in [-0.2, 0) is 9.59 Å². The molecule has 1 aromatic rings. The molecule has 8 nitrogen and oxygen atoms in total. The maximum absolute atomic E-state index is 12.3. The summed E-state index contributed by atoms with van der Waals surface area (Å²) in [6.07, 6.45) is 7.04. The van der Waals surface area contributed by atoms with Gasteiger partial charge in [-0.3, -0.25) is 24.7 Å². The number of carbonyl (C=O) groups excluding carboxylic acids is 3. The Morgan fingerprint density at radius 1 is 1.12 bits per heavy atom. The Labute approximate surface area is 152 Å². The van der Waals surface area contributed by atoms with Gasteiger partial charge in [0.2, 0.25) is 5.91 Å². The van der Waals surface area contributed by atoms with Gasteiger partial charge in [-0.15, -0.1) is 0 Å². The minimum atomic E-state index is -0.673. The number of rotatable bonds is 6. The smallest absolute Gasteiger partial charge is 0.257 e. The third-order valence-corrected chi connectivity index (χ3v) is 4.91. The second-order valence-electron chi connectivity index (χ2n) is 6.74. The Bertz CT molecular complexity index is 651. The van der Waals surface area contributed by atoms with Crippen LogP contribution >= 0.6 is 0 Å². The zero-order valence-corrected chi connectivity index (χ0v) is 14.7. The van der Waals surface area contributed by atoms with Crippen LogP contribution in [-0.4, -0.2) is 48.0 Å². The van der Waals surface area contributed by atoms with Gasteiger partial charge in [0.25, 0.3) is 11.8 Å². The van der Waals surface area contributed by atoms with Crippen molar-refractivity contribution in [2.75, 3.05) is 13.1 Å². The number of amides is 3. The average Bonchev–Trinajstić information content (AvgIpc) is 2.68. The van der Waals surface area contributed by atoms with E-state index in [-0.39, 0.29) is 29.7 Å². The van der Waals surface area contributed by atoms with Gasteiger partial charge < -0.3 is 16.0 Å². The molecule has 4 N–H and O–H groups in total. The Kier molecular flexibility index (Phi) is 6.17. The molecule has 0 bridgehead atoms. The first-order valence-corrected chi connectivity index (χ1v) is 9.17. The fourth-order valence-corrected chi connectivity index (χ4v) is 3.50. The molecule has 2 fully saturated rings. The largest absolute Gasteiger partial charge is 0.353 e. The Hall–Kier alpha value is -2.48. The maximum atomic E-state index is 12.3. The van der Waals surface area contributed by atoms with E-state index < -0.39 is 6.17 Å². The number of hydrogen-bond acceptors (Lipinski definition) is 5. The van der Waals surface area contributed by atoms with Gasteiger partial charge in [-0.2, -0.15) is 0 Å². The summed E-state index contributed by atoms with van der Waals surface area (Å²) in [6.45, 7) is 0.883. The van der Waals surface area contributed by atoms with Crippen molar-refractivity contribution in [2.45, 2.75) is 44.3 Å². The lowest BCUT2D eigenvalue weighted by Gasteiger charge is -2.39. The molecule has 0 aromatic carbocycles. The van der Waals surface area contributed by atoms with Crippen LogP contribution in [0, 0.1) is 5.92 Å². The molecule has 3 atom stereocenters. The van der Waals surface area contributed by atoms with E-state index in [1.165, 1.54) is 0 Å². The second-order valence-corrected chi connectivity index (χ2v) is 6.74. The van der Waals surface area contributed by atoms with Gasteiger partial charge in [-0.1, -0.05) is 12.8 Å². The van der Waals surface area contributed by atoms with Crippen LogP contribution in [0.1, 0.15) is 42.5 Å². The summed E-state index contributed by atoms with van der Waals surface area (Å²) in [6, 6.07) is 3.38. The van der Waals surface area contributed by atoms with E-state index in [0.717, 1.165) is 25.7 Å². The van der Waals surface area contributed by atoms with Crippen molar-refractivity contribution in [2.24, 2.45) is 5.92 Å². The Morgan fingerprint density at radius 2 is 1.85 bits per heavy atom. The SMILES string of the molecule is O=C(NCCCNC(=O)C1NC(=O)C2CCCCC2N1)c1ccncc1. The van der Waals surface area contributed by atoms with Crippen LogP contribution in [0.4, 0.5) is 0 Å². The third-order valence-electron chi connectivity index (χ3n) is 4.91. The third kappa shape index (κ3) is 4.57. The van der Waals surface area contributed by atoms with Gasteiger partial charge in [0.05, 0.1) is 5.92 Å². The minimum Gasteiger partial charge on any atom is -0.353 e. The molecular formula is C18H25N5O3. The van der Waals surface area contributed by atoms with E-state index in [0.29, 0.717) is 25.1 Å². The van der Waals surface area contributed by atoms with Crippen molar-refractivity contribution in [1.29, 1.82) is 0 Å². The van der Waals surface area contributed by atoms with E-state index in [4.69, 9.17) is 0 Å². The summed E-state index contributed by atoms with van der Waals surface area (Å²) in [5.41, 5.74) is 0.556. The monoisotopic (exact) mass is 359 g/mol. The molecule has 140 valence electrons. The van der Waals surface area contributed by atoms with Crippen molar-refractivity contribution in [3.63, 3.8) is 0 Å². The highest BCUT2D eigenvalue weighted by Crippen LogP contribution is 2.26. The summed E-state index contributed by atoms with van der Waals surface area (Å²) in [4.78, 5) is 40.1. The van der Waals surface area contributed by atoms with E-state index in [1.54, 1.807) is 24.5 Å². The number of nitrogens with one attached hydrogen (secondary N) is 4. The highest BCUT2D eigenvalue weighted by molar-refractivity contribution is 5.94. The van der Waals surface area contributed by atoms with Crippen molar-refractivity contribution >= 4 is 17.7 Å². The number of pyridine rings is 1. The highest BCUT2D eigenvalue weighted by Gasteiger charge is 2.39. The van der Waals surface area contributed by atoms with Crippen LogP contribution < -0.4 is 21.3 Å². The molecule has 26 heavy (non-hydrogen) atoms. The molecule has 1 saturated carbocycles. The maximum Gasteiger partial charge on any atom is 0.257 e. The molecule has 3 amide bonds. The van der Waals surface area contributed by atoms with Crippen molar-refractivity contribution in [1.82, 2.24) is 26.3 Å². The summed E-state index contributed by atoms with van der Waals surface area (Å²) < 4.78 is 0. The molecule has 0 radical (unpaired) electrons. The molecule has 1 aromatic heterocycles. The topological polar surface area (TPSA) is 112 Å². The predicted molar refractivity (Wildman–Crippen MR) is 95.0 cm³/mol. The van der Waals surface area contributed by atoms with Crippen molar-refractivity contribution < 1.29 is 14.4 Å². The molecule has 2 aliphatic rings. The van der Waals surface area contributed by atoms with Crippen molar-refractivity contribution in [3.05, 3.63) is 30.1 Å². The summed E-state index contributed by atoms with van der Waals surface area (Å²) in [7, 11) is 0. The predicted octanol–water partition coefficient (Wildman–Crippen LogP) is -0.0780. The first-order valence-electron chi connectivity index (χ1n) is 9.17. The second kappa shape index (κ2) is 8.75. The standard InChI is InChI=1S/C18H25N5O3/c24-16(12-6-10-19-11-7-12)20-8-3-9-21-18(26)15-22-14-5-2-1-4-13(14)17(25)23-15/h6-7,10-11,13-15,22H,1-5,8-9H2,(H,20,24)(H,21,26)(H,23,25). The normalized spacial score (nSPS) is 24.9. The minimum absolute atomic E-state index is 0.0174. The van der Waals surface area contributed by atoms with Gasteiger partial charge in [0, 0.05) is 37.1 Å². The van der Waals surface area contributed by atoms with Crippen LogP contribution in [0.15, 0.2) is 24.5 Å². The molecule has 0 spiro atoms. The fourth-order valence-electron chi connectivity index (χ4n) is 3.50. The number of hydrogen-bond donors (Lipinski definition) is 4. The zero-order chi connectivity index (χ0) is 18.4. The molecule has 2 heterocycles. The first kappa shape index (κ1) is 18.3. The Balaban J connectivity index is 1.35. The van der Waals surface area contributed by atoms with Crippen LogP contribution in [0.5, 0.6) is 0 Å². The van der Waals surface area contributed by atoms with E-state index >= 15 is 0 Å². The summed E-state index contributed by atoms with van der Waals surface area (Å²) in [5.74, 6) is -0.444. The molecule has 1 aliphatic heterocycles. The molecular weight excluding hydrogens is 334 g/mol. The van der Waals surface area contributed by atoms with Gasteiger partial charge in [0.15, 0.2) is 6.17 Å². The number of fused-ring (bicyclic) bond motifs is 1. The quantitative estimate of drug-likeness (QED) is 0.531.